The first-order chi connectivity index (χ1) is 7.72. The number of hydrogen-bond acceptors (Lipinski definition) is 3. The van der Waals surface area contributed by atoms with Gasteiger partial charge in [0.15, 0.2) is 0 Å². The van der Waals surface area contributed by atoms with Gasteiger partial charge in [-0.3, -0.25) is 0 Å². The van der Waals surface area contributed by atoms with Crippen LogP contribution in [0.4, 0.5) is 0 Å². The van der Waals surface area contributed by atoms with Crippen LogP contribution in [0.5, 0.6) is 0 Å². The fraction of sp³-hybridized carbons (Fsp3) is 0.273. The molecule has 1 aromatic carbocycles. The lowest BCUT2D eigenvalue weighted by molar-refractivity contribution is 0.316. The highest BCUT2D eigenvalue weighted by molar-refractivity contribution is 5.80. The topological polar surface area (TPSA) is 76.4 Å². The Balaban J connectivity index is 2.33. The van der Waals surface area contributed by atoms with E-state index in [-0.39, 0.29) is 5.84 Å². The summed E-state index contributed by atoms with van der Waals surface area (Å²) >= 11 is 0. The van der Waals surface area contributed by atoms with Gasteiger partial charge in [-0.1, -0.05) is 17.3 Å². The Morgan fingerprint density at radius 1 is 1.50 bits per heavy atom. The quantitative estimate of drug-likeness (QED) is 0.354. The predicted octanol–water partition coefficient (Wildman–Crippen LogP) is 1.48. The summed E-state index contributed by atoms with van der Waals surface area (Å²) in [6, 6.07) is 7.93. The predicted molar refractivity (Wildman–Crippen MR) is 62.5 cm³/mol. The zero-order chi connectivity index (χ0) is 11.5. The molecule has 0 spiro atoms. The smallest absolute Gasteiger partial charge is 0.140 e. The van der Waals surface area contributed by atoms with Crippen LogP contribution in [0, 0.1) is 6.92 Å². The molecule has 0 amide bonds. The van der Waals surface area contributed by atoms with Crippen molar-refractivity contribution >= 4 is 16.9 Å². The molecule has 3 N–H and O–H groups in total. The number of para-hydroxylation sites is 2. The monoisotopic (exact) mass is 218 g/mol. The van der Waals surface area contributed by atoms with E-state index in [1.54, 1.807) is 0 Å². The minimum atomic E-state index is 0.234. The second-order valence-corrected chi connectivity index (χ2v) is 3.64. The van der Waals surface area contributed by atoms with Crippen LogP contribution in [0.3, 0.4) is 0 Å². The van der Waals surface area contributed by atoms with Gasteiger partial charge >= 0.3 is 0 Å². The van der Waals surface area contributed by atoms with Gasteiger partial charge in [-0.05, 0) is 19.1 Å². The van der Waals surface area contributed by atoms with Gasteiger partial charge in [0.05, 0.1) is 11.0 Å². The number of benzene rings is 1. The maximum atomic E-state index is 8.48. The Hall–Kier alpha value is -2.04. The van der Waals surface area contributed by atoms with E-state index in [1.165, 1.54) is 0 Å². The maximum Gasteiger partial charge on any atom is 0.140 e. The average molecular weight is 218 g/mol. The van der Waals surface area contributed by atoms with E-state index in [9.17, 15) is 0 Å². The van der Waals surface area contributed by atoms with Crippen LogP contribution in [0.25, 0.3) is 11.0 Å². The first-order valence-electron chi connectivity index (χ1n) is 5.10. The number of nitrogens with zero attached hydrogens (tertiary/aromatic N) is 3. The van der Waals surface area contributed by atoms with Crippen LogP contribution in [-0.2, 0) is 6.54 Å². The van der Waals surface area contributed by atoms with Crippen molar-refractivity contribution in [3.05, 3.63) is 30.1 Å². The van der Waals surface area contributed by atoms with Gasteiger partial charge in [-0.15, -0.1) is 0 Å². The normalized spacial score (nSPS) is 12.2. The number of fused-ring (bicyclic) bond motifs is 1. The third kappa shape index (κ3) is 1.84. The molecule has 0 saturated heterocycles. The lowest BCUT2D eigenvalue weighted by Gasteiger charge is -2.05. The van der Waals surface area contributed by atoms with Gasteiger partial charge < -0.3 is 15.5 Å². The van der Waals surface area contributed by atoms with E-state index >= 15 is 0 Å². The van der Waals surface area contributed by atoms with Crippen LogP contribution >= 0.6 is 0 Å². The summed E-state index contributed by atoms with van der Waals surface area (Å²) in [5.41, 5.74) is 7.50. The first kappa shape index (κ1) is 10.5. The average Bonchev–Trinajstić information content (AvgIpc) is 2.62. The number of hydrogen-bond donors (Lipinski definition) is 2. The van der Waals surface area contributed by atoms with Gasteiger partial charge in [0.25, 0.3) is 0 Å². The molecule has 16 heavy (non-hydrogen) atoms. The van der Waals surface area contributed by atoms with E-state index in [2.05, 4.69) is 14.7 Å². The highest BCUT2D eigenvalue weighted by Crippen LogP contribution is 2.15. The van der Waals surface area contributed by atoms with Crippen LogP contribution < -0.4 is 5.73 Å². The third-order valence-corrected chi connectivity index (χ3v) is 2.57. The first-order valence-corrected chi connectivity index (χ1v) is 5.10. The Morgan fingerprint density at radius 3 is 3.00 bits per heavy atom. The molecule has 5 nitrogen and oxygen atoms in total. The second kappa shape index (κ2) is 4.22. The molecule has 0 unspecified atom stereocenters. The summed E-state index contributed by atoms with van der Waals surface area (Å²) in [7, 11) is 0. The highest BCUT2D eigenvalue weighted by Gasteiger charge is 2.06. The largest absolute Gasteiger partial charge is 0.409 e. The van der Waals surface area contributed by atoms with Crippen molar-refractivity contribution < 1.29 is 5.21 Å². The molecule has 0 atom stereocenters. The van der Waals surface area contributed by atoms with Crippen molar-refractivity contribution in [3.8, 4) is 0 Å². The molecule has 1 heterocycles. The summed E-state index contributed by atoms with van der Waals surface area (Å²) in [6.45, 7) is 2.62. The van der Waals surface area contributed by atoms with E-state index in [0.717, 1.165) is 16.9 Å². The molecule has 0 radical (unpaired) electrons. The molecule has 5 heteroatoms. The number of nitrogens with two attached hydrogens (primary N) is 1. The van der Waals surface area contributed by atoms with Crippen LogP contribution in [0.15, 0.2) is 29.4 Å². The van der Waals surface area contributed by atoms with Crippen LogP contribution in [0.2, 0.25) is 0 Å². The Bertz CT molecular complexity index is 530. The molecular weight excluding hydrogens is 204 g/mol. The number of amidine groups is 1. The molecule has 2 aromatic rings. The minimum Gasteiger partial charge on any atom is -0.409 e. The molecule has 84 valence electrons. The van der Waals surface area contributed by atoms with E-state index in [4.69, 9.17) is 10.9 Å². The third-order valence-electron chi connectivity index (χ3n) is 2.57. The van der Waals surface area contributed by atoms with Crippen molar-refractivity contribution in [2.45, 2.75) is 19.9 Å². The Kier molecular flexibility index (Phi) is 2.76. The molecular formula is C11H14N4O. The molecule has 0 bridgehead atoms. The summed E-state index contributed by atoms with van der Waals surface area (Å²) in [4.78, 5) is 4.44. The lowest BCUT2D eigenvalue weighted by atomic mass is 10.3. The van der Waals surface area contributed by atoms with Crippen molar-refractivity contribution in [2.75, 3.05) is 0 Å². The molecule has 0 fully saturated rings. The van der Waals surface area contributed by atoms with Crippen LogP contribution in [0.1, 0.15) is 12.2 Å². The number of aryl methyl sites for hydroxylation is 2. The van der Waals surface area contributed by atoms with Gasteiger partial charge in [-0.25, -0.2) is 4.98 Å². The van der Waals surface area contributed by atoms with E-state index in [0.29, 0.717) is 13.0 Å². The minimum absolute atomic E-state index is 0.234. The molecule has 0 aliphatic heterocycles. The van der Waals surface area contributed by atoms with Gasteiger partial charge in [0.2, 0.25) is 0 Å². The molecule has 2 rings (SSSR count). The SMILES string of the molecule is Cc1nc2ccccc2n1CC/C(N)=N\O. The zero-order valence-electron chi connectivity index (χ0n) is 9.09. The van der Waals surface area contributed by atoms with Crippen molar-refractivity contribution in [1.29, 1.82) is 0 Å². The fourth-order valence-corrected chi connectivity index (χ4v) is 1.75. The molecule has 1 aromatic heterocycles. The number of rotatable bonds is 3. The number of aromatic nitrogens is 2. The summed E-state index contributed by atoms with van der Waals surface area (Å²) in [6.07, 6.45) is 0.512. The lowest BCUT2D eigenvalue weighted by Crippen LogP contribution is -2.15. The van der Waals surface area contributed by atoms with Crippen LogP contribution in [-0.4, -0.2) is 20.6 Å². The standard InChI is InChI=1S/C11H14N4O/c1-8-13-9-4-2-3-5-10(9)15(8)7-6-11(12)14-16/h2-5,16H,6-7H2,1H3,(H2,12,14). The molecule has 0 saturated carbocycles. The Labute approximate surface area is 93.2 Å². The van der Waals surface area contributed by atoms with Crippen molar-refractivity contribution in [1.82, 2.24) is 9.55 Å². The second-order valence-electron chi connectivity index (χ2n) is 3.64. The van der Waals surface area contributed by atoms with E-state index < -0.39 is 0 Å². The van der Waals surface area contributed by atoms with Gasteiger partial charge in [-0.2, -0.15) is 0 Å². The summed E-state index contributed by atoms with van der Waals surface area (Å²) in [5.74, 6) is 1.17. The van der Waals surface area contributed by atoms with Gasteiger partial charge in [0, 0.05) is 13.0 Å². The molecule has 0 aliphatic carbocycles. The van der Waals surface area contributed by atoms with E-state index in [1.807, 2.05) is 31.2 Å². The number of oxime groups is 1. The highest BCUT2D eigenvalue weighted by atomic mass is 16.4. The zero-order valence-corrected chi connectivity index (χ0v) is 9.09. The van der Waals surface area contributed by atoms with Gasteiger partial charge in [0.1, 0.15) is 11.7 Å². The fourth-order valence-electron chi connectivity index (χ4n) is 1.75. The molecule has 0 aliphatic rings. The summed E-state index contributed by atoms with van der Waals surface area (Å²) < 4.78 is 2.06. The van der Waals surface area contributed by atoms with Crippen molar-refractivity contribution in [2.24, 2.45) is 10.9 Å². The maximum absolute atomic E-state index is 8.48. The number of imidazole rings is 1. The summed E-state index contributed by atoms with van der Waals surface area (Å²) in [5, 5.41) is 11.4. The Morgan fingerprint density at radius 2 is 2.25 bits per heavy atom. The van der Waals surface area contributed by atoms with Crippen molar-refractivity contribution in [3.63, 3.8) is 0 Å².